The number of anilines is 1. The van der Waals surface area contributed by atoms with Crippen molar-refractivity contribution in [1.29, 1.82) is 0 Å². The van der Waals surface area contributed by atoms with E-state index in [2.05, 4.69) is 16.0 Å². The maximum atomic E-state index is 13.2. The van der Waals surface area contributed by atoms with Gasteiger partial charge in [-0.15, -0.1) is 11.8 Å². The molecule has 0 saturated carbocycles. The van der Waals surface area contributed by atoms with Gasteiger partial charge in [0.05, 0.1) is 25.2 Å². The number of carboxylic acids is 1. The average molecular weight is 508 g/mol. The number of urea groups is 1. The smallest absolute Gasteiger partial charge is 0.321 e. The minimum atomic E-state index is -1.04. The number of benzene rings is 1. The number of thioether (sulfide) groups is 1. The molecule has 0 radical (unpaired) electrons. The number of carbonyl (C=O) groups excluding carboxylic acids is 4. The molecular formula is C22H29N5O7S. The van der Waals surface area contributed by atoms with Gasteiger partial charge in [0, 0.05) is 31.4 Å². The fourth-order valence-electron chi connectivity index (χ4n) is 3.88. The highest BCUT2D eigenvalue weighted by atomic mass is 32.2. The number of methoxy groups -OCH3 is 1. The number of piperazine rings is 1. The van der Waals surface area contributed by atoms with Crippen molar-refractivity contribution in [3.05, 3.63) is 24.3 Å². The Balaban J connectivity index is 1.70. The van der Waals surface area contributed by atoms with Crippen molar-refractivity contribution in [1.82, 2.24) is 20.4 Å². The summed E-state index contributed by atoms with van der Waals surface area (Å²) >= 11 is 0.934. The van der Waals surface area contributed by atoms with E-state index in [0.717, 1.165) is 11.8 Å². The van der Waals surface area contributed by atoms with Crippen molar-refractivity contribution in [2.75, 3.05) is 50.1 Å². The Morgan fingerprint density at radius 3 is 2.74 bits per heavy atom. The summed E-state index contributed by atoms with van der Waals surface area (Å²) < 4.78 is 5.17. The minimum Gasteiger partial charge on any atom is -0.497 e. The fraction of sp³-hybridized carbons (Fsp3) is 0.500. The SMILES string of the molecule is COc1cccc(NC(=O)N2CCN(C(=O)CSCC(=O)O)[C@H](C(=O)N[C@@H]3CCCNC3=O)C2)c1. The van der Waals surface area contributed by atoms with Gasteiger partial charge in [0.1, 0.15) is 17.8 Å². The van der Waals surface area contributed by atoms with Crippen LogP contribution in [0.1, 0.15) is 12.8 Å². The molecule has 2 heterocycles. The number of nitrogens with one attached hydrogen (secondary N) is 3. The Kier molecular flexibility index (Phi) is 9.18. The van der Waals surface area contributed by atoms with E-state index < -0.39 is 35.9 Å². The third kappa shape index (κ3) is 7.25. The van der Waals surface area contributed by atoms with Crippen molar-refractivity contribution in [2.24, 2.45) is 0 Å². The number of hydrogen-bond donors (Lipinski definition) is 4. The summed E-state index contributed by atoms with van der Waals surface area (Å²) in [5.74, 6) is -2.06. The molecule has 5 amide bonds. The number of amides is 5. The lowest BCUT2D eigenvalue weighted by Gasteiger charge is -2.41. The Morgan fingerprint density at radius 1 is 1.23 bits per heavy atom. The monoisotopic (exact) mass is 507 g/mol. The second-order valence-electron chi connectivity index (χ2n) is 8.09. The largest absolute Gasteiger partial charge is 0.497 e. The fourth-order valence-corrected chi connectivity index (χ4v) is 4.50. The maximum absolute atomic E-state index is 13.2. The van der Waals surface area contributed by atoms with E-state index in [0.29, 0.717) is 30.8 Å². The lowest BCUT2D eigenvalue weighted by Crippen LogP contribution is -2.64. The molecule has 2 atom stereocenters. The molecule has 190 valence electrons. The zero-order valence-corrected chi connectivity index (χ0v) is 20.1. The maximum Gasteiger partial charge on any atom is 0.321 e. The Bertz CT molecular complexity index is 975. The lowest BCUT2D eigenvalue weighted by molar-refractivity contribution is -0.142. The number of rotatable bonds is 8. The molecule has 2 aliphatic heterocycles. The number of nitrogens with zero attached hydrogens (tertiary/aromatic N) is 2. The molecule has 13 heteroatoms. The van der Waals surface area contributed by atoms with E-state index >= 15 is 0 Å². The summed E-state index contributed by atoms with van der Waals surface area (Å²) in [6.45, 7) is 0.732. The highest BCUT2D eigenvalue weighted by molar-refractivity contribution is 8.00. The van der Waals surface area contributed by atoms with E-state index in [4.69, 9.17) is 9.84 Å². The van der Waals surface area contributed by atoms with Gasteiger partial charge >= 0.3 is 12.0 Å². The third-order valence-corrected chi connectivity index (χ3v) is 6.57. The Labute approximate surface area is 206 Å². The molecule has 2 aliphatic rings. The van der Waals surface area contributed by atoms with Crippen molar-refractivity contribution >= 4 is 47.2 Å². The van der Waals surface area contributed by atoms with Gasteiger partial charge in [-0.05, 0) is 25.0 Å². The predicted molar refractivity (Wildman–Crippen MR) is 128 cm³/mol. The second kappa shape index (κ2) is 12.3. The van der Waals surface area contributed by atoms with Crippen LogP contribution in [-0.2, 0) is 19.2 Å². The standard InChI is InChI=1S/C22H29N5O7S/c1-34-15-5-2-4-14(10-15)24-22(33)26-8-9-27(18(28)12-35-13-19(29)30)17(11-26)21(32)25-16-6-3-7-23-20(16)31/h2,4-5,10,16-17H,3,6-9,11-13H2,1H3,(H,23,31)(H,24,33)(H,25,32)(H,29,30)/t16-,17+/m1/s1. The molecule has 0 aliphatic carbocycles. The molecular weight excluding hydrogens is 478 g/mol. The highest BCUT2D eigenvalue weighted by Crippen LogP contribution is 2.19. The van der Waals surface area contributed by atoms with Crippen LogP contribution in [0, 0.1) is 0 Å². The first kappa shape index (κ1) is 26.1. The highest BCUT2D eigenvalue weighted by Gasteiger charge is 2.38. The lowest BCUT2D eigenvalue weighted by atomic mass is 10.1. The van der Waals surface area contributed by atoms with Gasteiger partial charge in [0.2, 0.25) is 17.7 Å². The van der Waals surface area contributed by atoms with Crippen LogP contribution in [0.15, 0.2) is 24.3 Å². The van der Waals surface area contributed by atoms with Gasteiger partial charge < -0.3 is 35.6 Å². The molecule has 2 fully saturated rings. The summed E-state index contributed by atoms with van der Waals surface area (Å²) in [5.41, 5.74) is 0.512. The van der Waals surface area contributed by atoms with E-state index in [1.165, 1.54) is 16.9 Å². The second-order valence-corrected chi connectivity index (χ2v) is 9.08. The van der Waals surface area contributed by atoms with Crippen molar-refractivity contribution < 1.29 is 33.8 Å². The zero-order valence-electron chi connectivity index (χ0n) is 19.3. The number of aliphatic carboxylic acids is 1. The van der Waals surface area contributed by atoms with Crippen LogP contribution in [0.25, 0.3) is 0 Å². The number of carboxylic acid groups (broad SMARTS) is 1. The van der Waals surface area contributed by atoms with Gasteiger partial charge in [-0.25, -0.2) is 4.79 Å². The normalized spacial score (nSPS) is 20.0. The zero-order chi connectivity index (χ0) is 25.4. The average Bonchev–Trinajstić information content (AvgIpc) is 2.84. The van der Waals surface area contributed by atoms with E-state index in [9.17, 15) is 24.0 Å². The van der Waals surface area contributed by atoms with Gasteiger partial charge in [-0.2, -0.15) is 0 Å². The van der Waals surface area contributed by atoms with E-state index in [1.807, 2.05) is 0 Å². The summed E-state index contributed by atoms with van der Waals surface area (Å²) in [5, 5.41) is 17.0. The van der Waals surface area contributed by atoms with Crippen LogP contribution in [0.2, 0.25) is 0 Å². The molecule has 4 N–H and O–H groups in total. The molecule has 12 nitrogen and oxygen atoms in total. The Morgan fingerprint density at radius 2 is 2.03 bits per heavy atom. The van der Waals surface area contributed by atoms with Gasteiger partial charge in [0.25, 0.3) is 0 Å². The molecule has 1 aromatic carbocycles. The molecule has 1 aromatic rings. The summed E-state index contributed by atoms with van der Waals surface area (Å²) in [7, 11) is 1.52. The first-order chi connectivity index (χ1) is 16.8. The molecule has 0 spiro atoms. The molecule has 0 aromatic heterocycles. The third-order valence-electron chi connectivity index (χ3n) is 5.66. The molecule has 0 unspecified atom stereocenters. The summed E-state index contributed by atoms with van der Waals surface area (Å²) in [6.07, 6.45) is 1.19. The molecule has 0 bridgehead atoms. The van der Waals surface area contributed by atoms with Gasteiger partial charge in [0.15, 0.2) is 0 Å². The van der Waals surface area contributed by atoms with Crippen molar-refractivity contribution in [3.8, 4) is 5.75 Å². The number of hydrogen-bond acceptors (Lipinski definition) is 7. The first-order valence-corrected chi connectivity index (χ1v) is 12.3. The molecule has 3 rings (SSSR count). The number of piperidine rings is 1. The number of carbonyl (C=O) groups is 5. The minimum absolute atomic E-state index is 0.0781. The van der Waals surface area contributed by atoms with Crippen LogP contribution in [-0.4, -0.2) is 102 Å². The van der Waals surface area contributed by atoms with Crippen LogP contribution in [0.3, 0.4) is 0 Å². The van der Waals surface area contributed by atoms with E-state index in [1.54, 1.807) is 24.3 Å². The summed E-state index contributed by atoms with van der Waals surface area (Å²) in [6, 6.07) is 4.65. The number of ether oxygens (including phenoxy) is 1. The molecule has 35 heavy (non-hydrogen) atoms. The van der Waals surface area contributed by atoms with E-state index in [-0.39, 0.29) is 37.0 Å². The van der Waals surface area contributed by atoms with Crippen LogP contribution in [0.5, 0.6) is 5.75 Å². The quantitative estimate of drug-likeness (QED) is 0.382. The van der Waals surface area contributed by atoms with Crippen molar-refractivity contribution in [3.63, 3.8) is 0 Å². The van der Waals surface area contributed by atoms with Crippen molar-refractivity contribution in [2.45, 2.75) is 24.9 Å². The topological polar surface area (TPSA) is 157 Å². The van der Waals surface area contributed by atoms with Gasteiger partial charge in [-0.3, -0.25) is 19.2 Å². The Hall–Kier alpha value is -3.48. The van der Waals surface area contributed by atoms with Crippen LogP contribution < -0.4 is 20.7 Å². The first-order valence-electron chi connectivity index (χ1n) is 11.2. The van der Waals surface area contributed by atoms with Crippen LogP contribution in [0.4, 0.5) is 10.5 Å². The van der Waals surface area contributed by atoms with Crippen LogP contribution >= 0.6 is 11.8 Å². The predicted octanol–water partition coefficient (Wildman–Crippen LogP) is -0.0475. The summed E-state index contributed by atoms with van der Waals surface area (Å²) in [4.78, 5) is 64.5. The molecule has 2 saturated heterocycles. The van der Waals surface area contributed by atoms with Gasteiger partial charge in [-0.1, -0.05) is 6.07 Å².